The first-order valence-electron chi connectivity index (χ1n) is 7.36. The summed E-state index contributed by atoms with van der Waals surface area (Å²) in [6.45, 7) is 3.99. The lowest BCUT2D eigenvalue weighted by Crippen LogP contribution is -2.24. The van der Waals surface area contributed by atoms with Crippen LogP contribution in [0.1, 0.15) is 10.4 Å². The van der Waals surface area contributed by atoms with Crippen molar-refractivity contribution in [1.29, 1.82) is 0 Å². The van der Waals surface area contributed by atoms with E-state index >= 15 is 0 Å². The molecule has 2 aromatic carbocycles. The number of anilines is 2. The van der Waals surface area contributed by atoms with Crippen LogP contribution in [0.4, 0.5) is 16.2 Å². The number of carbonyl (C=O) groups is 2. The van der Waals surface area contributed by atoms with Gasteiger partial charge >= 0.3 is 6.03 Å². The molecule has 0 atom stereocenters. The zero-order valence-electron chi connectivity index (χ0n) is 13.3. The van der Waals surface area contributed by atoms with Crippen LogP contribution < -0.4 is 20.7 Å². The maximum Gasteiger partial charge on any atom is 0.318 e. The van der Waals surface area contributed by atoms with Crippen LogP contribution in [-0.2, 0) is 0 Å². The Morgan fingerprint density at radius 2 is 1.75 bits per heavy atom. The van der Waals surface area contributed by atoms with Crippen LogP contribution in [0.5, 0.6) is 5.75 Å². The van der Waals surface area contributed by atoms with Gasteiger partial charge < -0.3 is 20.7 Å². The number of nitrogens with one attached hydrogen (secondary N) is 3. The highest BCUT2D eigenvalue weighted by molar-refractivity contribution is 6.04. The number of amides is 3. The summed E-state index contributed by atoms with van der Waals surface area (Å²) in [5, 5.41) is 7.89. The first-order chi connectivity index (χ1) is 11.6. The van der Waals surface area contributed by atoms with E-state index in [9.17, 15) is 9.59 Å². The molecule has 0 aromatic heterocycles. The van der Waals surface area contributed by atoms with E-state index in [1.165, 1.54) is 7.05 Å². The molecule has 6 nitrogen and oxygen atoms in total. The van der Waals surface area contributed by atoms with Crippen LogP contribution in [0.3, 0.4) is 0 Å². The van der Waals surface area contributed by atoms with Gasteiger partial charge in [0, 0.05) is 24.0 Å². The number of carbonyl (C=O) groups excluding carboxylic acids is 2. The van der Waals surface area contributed by atoms with Crippen LogP contribution in [0, 0.1) is 0 Å². The molecule has 124 valence electrons. The fourth-order valence-electron chi connectivity index (χ4n) is 1.93. The average Bonchev–Trinajstić information content (AvgIpc) is 2.60. The smallest absolute Gasteiger partial charge is 0.318 e. The maximum atomic E-state index is 12.3. The second-order valence-electron chi connectivity index (χ2n) is 4.86. The lowest BCUT2D eigenvalue weighted by atomic mass is 10.2. The summed E-state index contributed by atoms with van der Waals surface area (Å²) >= 11 is 0. The van der Waals surface area contributed by atoms with Gasteiger partial charge in [0.05, 0.1) is 0 Å². The van der Waals surface area contributed by atoms with Crippen molar-refractivity contribution in [3.8, 4) is 5.75 Å². The summed E-state index contributed by atoms with van der Waals surface area (Å²) in [6, 6.07) is 13.4. The Bertz CT molecular complexity index is 727. The first-order valence-corrected chi connectivity index (χ1v) is 7.36. The molecule has 6 heteroatoms. The molecule has 2 aromatic rings. The van der Waals surface area contributed by atoms with Gasteiger partial charge in [-0.15, -0.1) is 0 Å². The van der Waals surface area contributed by atoms with Crippen molar-refractivity contribution >= 4 is 23.3 Å². The van der Waals surface area contributed by atoms with Gasteiger partial charge in [-0.1, -0.05) is 18.7 Å². The van der Waals surface area contributed by atoms with E-state index in [4.69, 9.17) is 4.74 Å². The molecule has 3 N–H and O–H groups in total. The van der Waals surface area contributed by atoms with Crippen LogP contribution in [0.25, 0.3) is 0 Å². The van der Waals surface area contributed by atoms with Crippen molar-refractivity contribution in [2.24, 2.45) is 0 Å². The molecule has 0 radical (unpaired) electrons. The van der Waals surface area contributed by atoms with Gasteiger partial charge in [0.15, 0.2) is 0 Å². The van der Waals surface area contributed by atoms with E-state index in [-0.39, 0.29) is 11.9 Å². The molecule has 24 heavy (non-hydrogen) atoms. The van der Waals surface area contributed by atoms with Gasteiger partial charge in [-0.3, -0.25) is 4.79 Å². The second-order valence-corrected chi connectivity index (χ2v) is 4.86. The zero-order valence-corrected chi connectivity index (χ0v) is 13.3. The lowest BCUT2D eigenvalue weighted by molar-refractivity contribution is 0.102. The highest BCUT2D eigenvalue weighted by atomic mass is 16.5. The molecular weight excluding hydrogens is 306 g/mol. The molecule has 2 rings (SSSR count). The molecule has 0 aliphatic rings. The minimum Gasteiger partial charge on any atom is -0.490 e. The Morgan fingerprint density at radius 3 is 2.38 bits per heavy atom. The summed E-state index contributed by atoms with van der Waals surface area (Å²) in [7, 11) is 1.53. The van der Waals surface area contributed by atoms with Crippen LogP contribution in [-0.4, -0.2) is 25.6 Å². The molecule has 0 aliphatic heterocycles. The summed E-state index contributed by atoms with van der Waals surface area (Å²) in [5.41, 5.74) is 1.67. The van der Waals surface area contributed by atoms with E-state index in [0.717, 1.165) is 0 Å². The van der Waals surface area contributed by atoms with E-state index in [1.807, 2.05) is 0 Å². The lowest BCUT2D eigenvalue weighted by Gasteiger charge is -2.09. The summed E-state index contributed by atoms with van der Waals surface area (Å²) in [4.78, 5) is 23.6. The second kappa shape index (κ2) is 8.38. The maximum absolute atomic E-state index is 12.3. The number of ether oxygens (including phenoxy) is 1. The third-order valence-electron chi connectivity index (χ3n) is 3.09. The van der Waals surface area contributed by atoms with Gasteiger partial charge in [-0.25, -0.2) is 4.79 Å². The molecule has 0 bridgehead atoms. The van der Waals surface area contributed by atoms with Crippen LogP contribution >= 0.6 is 0 Å². The largest absolute Gasteiger partial charge is 0.490 e. The summed E-state index contributed by atoms with van der Waals surface area (Å²) in [5.74, 6) is 0.422. The van der Waals surface area contributed by atoms with Crippen molar-refractivity contribution in [1.82, 2.24) is 5.32 Å². The third-order valence-corrected chi connectivity index (χ3v) is 3.09. The quantitative estimate of drug-likeness (QED) is 0.713. The topological polar surface area (TPSA) is 79.5 Å². The Morgan fingerprint density at radius 1 is 1.08 bits per heavy atom. The standard InChI is InChI=1S/C18H19N3O3/c1-3-11-24-16-9-7-13(8-10-16)17(22)20-14-5-4-6-15(12-14)21-18(23)19-2/h3-10,12H,1,11H2,2H3,(H,20,22)(H2,19,21,23). The monoisotopic (exact) mass is 325 g/mol. The van der Waals surface area contributed by atoms with Crippen molar-refractivity contribution in [2.45, 2.75) is 0 Å². The number of hydrogen-bond donors (Lipinski definition) is 3. The highest BCUT2D eigenvalue weighted by Gasteiger charge is 2.07. The van der Waals surface area contributed by atoms with Crippen molar-refractivity contribution in [3.63, 3.8) is 0 Å². The van der Waals surface area contributed by atoms with Gasteiger partial charge in [-0.05, 0) is 42.5 Å². The number of benzene rings is 2. The number of urea groups is 1. The molecule has 0 saturated carbocycles. The minimum atomic E-state index is -0.325. The van der Waals surface area contributed by atoms with Gasteiger partial charge in [0.1, 0.15) is 12.4 Å². The Kier molecular flexibility index (Phi) is 5.96. The fraction of sp³-hybridized carbons (Fsp3) is 0.111. The van der Waals surface area contributed by atoms with Crippen molar-refractivity contribution < 1.29 is 14.3 Å². The van der Waals surface area contributed by atoms with Gasteiger partial charge in [-0.2, -0.15) is 0 Å². The van der Waals surface area contributed by atoms with Crippen LogP contribution in [0.2, 0.25) is 0 Å². The highest BCUT2D eigenvalue weighted by Crippen LogP contribution is 2.17. The average molecular weight is 325 g/mol. The summed E-state index contributed by atoms with van der Waals surface area (Å²) in [6.07, 6.45) is 1.65. The van der Waals surface area contributed by atoms with Crippen molar-refractivity contribution in [2.75, 3.05) is 24.3 Å². The molecule has 0 saturated heterocycles. The number of rotatable bonds is 6. The molecule has 3 amide bonds. The molecular formula is C18H19N3O3. The van der Waals surface area contributed by atoms with Gasteiger partial charge in [0.25, 0.3) is 5.91 Å². The molecule has 0 fully saturated rings. The molecule has 0 heterocycles. The fourth-order valence-corrected chi connectivity index (χ4v) is 1.93. The third kappa shape index (κ3) is 4.88. The first kappa shape index (κ1) is 17.1. The zero-order chi connectivity index (χ0) is 17.4. The summed E-state index contributed by atoms with van der Waals surface area (Å²) < 4.78 is 5.38. The normalized spacial score (nSPS) is 9.71. The molecule has 0 unspecified atom stereocenters. The van der Waals surface area contributed by atoms with E-state index < -0.39 is 0 Å². The molecule has 0 spiro atoms. The van der Waals surface area contributed by atoms with E-state index in [1.54, 1.807) is 54.6 Å². The Balaban J connectivity index is 2.02. The Hall–Kier alpha value is -3.28. The minimum absolute atomic E-state index is 0.248. The van der Waals surface area contributed by atoms with Crippen LogP contribution in [0.15, 0.2) is 61.2 Å². The SMILES string of the molecule is C=CCOc1ccc(C(=O)Nc2cccc(NC(=O)NC)c2)cc1. The van der Waals surface area contributed by atoms with E-state index in [2.05, 4.69) is 22.5 Å². The number of hydrogen-bond acceptors (Lipinski definition) is 3. The van der Waals surface area contributed by atoms with Crippen molar-refractivity contribution in [3.05, 3.63) is 66.7 Å². The van der Waals surface area contributed by atoms with E-state index in [0.29, 0.717) is 29.3 Å². The molecule has 0 aliphatic carbocycles. The predicted molar refractivity (Wildman–Crippen MR) is 94.6 cm³/mol. The Labute approximate surface area is 140 Å². The predicted octanol–water partition coefficient (Wildman–Crippen LogP) is 3.26. The van der Waals surface area contributed by atoms with Gasteiger partial charge in [0.2, 0.25) is 0 Å².